The van der Waals surface area contributed by atoms with Gasteiger partial charge in [-0.25, -0.2) is 4.79 Å². The van der Waals surface area contributed by atoms with Gasteiger partial charge in [-0.2, -0.15) is 4.39 Å². The SMILES string of the molecule is CCCc1c(F)c(=O)oc2c(C(=O)CC(C)C)c(C)c3c(c12)OC(c1ccccc1)C=C3. The average molecular weight is 435 g/mol. The minimum absolute atomic E-state index is 0.124. The van der Waals surface area contributed by atoms with Crippen molar-refractivity contribution >= 4 is 22.8 Å². The molecular weight excluding hydrogens is 407 g/mol. The van der Waals surface area contributed by atoms with Crippen molar-refractivity contribution in [2.75, 3.05) is 0 Å². The summed E-state index contributed by atoms with van der Waals surface area (Å²) >= 11 is 0. The van der Waals surface area contributed by atoms with E-state index in [1.165, 1.54) is 0 Å². The zero-order valence-corrected chi connectivity index (χ0v) is 18.8. The Balaban J connectivity index is 2.05. The van der Waals surface area contributed by atoms with Crippen LogP contribution in [0.15, 0.2) is 45.6 Å². The van der Waals surface area contributed by atoms with Crippen LogP contribution in [-0.4, -0.2) is 5.78 Å². The summed E-state index contributed by atoms with van der Waals surface area (Å²) < 4.78 is 26.8. The van der Waals surface area contributed by atoms with E-state index in [2.05, 4.69) is 0 Å². The maximum Gasteiger partial charge on any atom is 0.372 e. The van der Waals surface area contributed by atoms with Gasteiger partial charge in [-0.15, -0.1) is 0 Å². The molecule has 4 nitrogen and oxygen atoms in total. The van der Waals surface area contributed by atoms with Crippen LogP contribution in [0.3, 0.4) is 0 Å². The van der Waals surface area contributed by atoms with Crippen molar-refractivity contribution in [2.45, 2.75) is 53.1 Å². The molecule has 1 aliphatic rings. The molecule has 0 radical (unpaired) electrons. The lowest BCUT2D eigenvalue weighted by Crippen LogP contribution is -2.17. The first kappa shape index (κ1) is 22.0. The highest BCUT2D eigenvalue weighted by atomic mass is 19.1. The minimum Gasteiger partial charge on any atom is -0.480 e. The number of ether oxygens (including phenoxy) is 1. The van der Waals surface area contributed by atoms with Gasteiger partial charge in [0, 0.05) is 17.5 Å². The van der Waals surface area contributed by atoms with Crippen LogP contribution >= 0.6 is 0 Å². The summed E-state index contributed by atoms with van der Waals surface area (Å²) in [4.78, 5) is 25.6. The molecule has 0 saturated carbocycles. The first-order valence-corrected chi connectivity index (χ1v) is 11.1. The van der Waals surface area contributed by atoms with E-state index in [0.717, 1.165) is 11.1 Å². The molecule has 0 N–H and O–H groups in total. The first-order valence-electron chi connectivity index (χ1n) is 11.1. The largest absolute Gasteiger partial charge is 0.480 e. The molecular formula is C27H27FO4. The highest BCUT2D eigenvalue weighted by molar-refractivity contribution is 6.11. The molecule has 0 bridgehead atoms. The van der Waals surface area contributed by atoms with Gasteiger partial charge in [0.2, 0.25) is 5.82 Å². The van der Waals surface area contributed by atoms with Crippen LogP contribution in [0.2, 0.25) is 0 Å². The van der Waals surface area contributed by atoms with E-state index in [-0.39, 0.29) is 29.0 Å². The van der Waals surface area contributed by atoms with Crippen molar-refractivity contribution < 1.29 is 18.3 Å². The number of hydrogen-bond acceptors (Lipinski definition) is 4. The van der Waals surface area contributed by atoms with Crippen LogP contribution < -0.4 is 10.4 Å². The lowest BCUT2D eigenvalue weighted by atomic mass is 9.88. The summed E-state index contributed by atoms with van der Waals surface area (Å²) in [7, 11) is 0. The quantitative estimate of drug-likeness (QED) is 0.325. The highest BCUT2D eigenvalue weighted by Crippen LogP contribution is 2.44. The van der Waals surface area contributed by atoms with Crippen LogP contribution in [0, 0.1) is 18.7 Å². The molecule has 1 atom stereocenters. The van der Waals surface area contributed by atoms with Gasteiger partial charge in [0.05, 0.1) is 10.9 Å². The Labute approximate surface area is 186 Å². The Bertz CT molecular complexity index is 1270. The number of carbonyl (C=O) groups is 1. The number of fused-ring (bicyclic) bond motifs is 3. The fraction of sp³-hybridized carbons (Fsp3) is 0.333. The lowest BCUT2D eigenvalue weighted by Gasteiger charge is -2.26. The monoisotopic (exact) mass is 434 g/mol. The minimum atomic E-state index is -1.05. The topological polar surface area (TPSA) is 56.5 Å². The van der Waals surface area contributed by atoms with Gasteiger partial charge in [-0.05, 0) is 36.5 Å². The average Bonchev–Trinajstić information content (AvgIpc) is 2.77. The van der Waals surface area contributed by atoms with Crippen LogP contribution in [-0.2, 0) is 6.42 Å². The van der Waals surface area contributed by atoms with E-state index in [1.54, 1.807) is 0 Å². The Morgan fingerprint density at radius 3 is 2.56 bits per heavy atom. The summed E-state index contributed by atoms with van der Waals surface area (Å²) in [5.74, 6) is -0.450. The smallest absolute Gasteiger partial charge is 0.372 e. The van der Waals surface area contributed by atoms with Crippen molar-refractivity contribution in [3.63, 3.8) is 0 Å². The summed E-state index contributed by atoms with van der Waals surface area (Å²) in [6.07, 6.45) is 4.76. The van der Waals surface area contributed by atoms with Crippen LogP contribution in [0.1, 0.15) is 72.3 Å². The Morgan fingerprint density at radius 1 is 1.19 bits per heavy atom. The molecule has 1 aliphatic heterocycles. The number of benzene rings is 2. The van der Waals surface area contributed by atoms with Gasteiger partial charge in [0.1, 0.15) is 11.9 Å². The third kappa shape index (κ3) is 3.77. The summed E-state index contributed by atoms with van der Waals surface area (Å²) in [5.41, 5.74) is 2.02. The fourth-order valence-corrected chi connectivity index (χ4v) is 4.37. The van der Waals surface area contributed by atoms with Crippen LogP contribution in [0.25, 0.3) is 17.0 Å². The van der Waals surface area contributed by atoms with Gasteiger partial charge >= 0.3 is 5.63 Å². The van der Waals surface area contributed by atoms with Gasteiger partial charge < -0.3 is 9.15 Å². The molecule has 0 fully saturated rings. The molecule has 1 unspecified atom stereocenters. The third-order valence-electron chi connectivity index (χ3n) is 5.83. The number of hydrogen-bond donors (Lipinski definition) is 0. The second-order valence-corrected chi connectivity index (χ2v) is 8.71. The molecule has 32 heavy (non-hydrogen) atoms. The molecule has 0 amide bonds. The van der Waals surface area contributed by atoms with Gasteiger partial charge in [-0.1, -0.05) is 63.6 Å². The Morgan fingerprint density at radius 2 is 1.91 bits per heavy atom. The van der Waals surface area contributed by atoms with Crippen LogP contribution in [0.5, 0.6) is 5.75 Å². The summed E-state index contributed by atoms with van der Waals surface area (Å²) in [6, 6.07) is 9.71. The highest BCUT2D eigenvalue weighted by Gasteiger charge is 2.30. The second-order valence-electron chi connectivity index (χ2n) is 8.71. The molecule has 3 aromatic rings. The number of ketones is 1. The molecule has 2 aromatic carbocycles. The van der Waals surface area contributed by atoms with Crippen molar-refractivity contribution in [1.82, 2.24) is 0 Å². The van der Waals surface area contributed by atoms with Gasteiger partial charge in [-0.3, -0.25) is 4.79 Å². The van der Waals surface area contributed by atoms with Crippen molar-refractivity contribution in [3.8, 4) is 5.75 Å². The second kappa shape index (κ2) is 8.73. The van der Waals surface area contributed by atoms with Crippen molar-refractivity contribution in [1.29, 1.82) is 0 Å². The van der Waals surface area contributed by atoms with Gasteiger partial charge in [0.15, 0.2) is 11.4 Å². The first-order chi connectivity index (χ1) is 15.3. The molecule has 0 spiro atoms. The van der Waals surface area contributed by atoms with E-state index in [0.29, 0.717) is 41.5 Å². The number of aryl methyl sites for hydroxylation is 1. The van der Waals surface area contributed by atoms with Crippen LogP contribution in [0.4, 0.5) is 4.39 Å². The number of rotatable bonds is 6. The van der Waals surface area contributed by atoms with Crippen molar-refractivity contribution in [3.05, 3.63) is 80.5 Å². The predicted molar refractivity (Wildman–Crippen MR) is 124 cm³/mol. The maximum absolute atomic E-state index is 15.0. The zero-order chi connectivity index (χ0) is 23.0. The van der Waals surface area contributed by atoms with Gasteiger partial charge in [0.25, 0.3) is 0 Å². The number of halogens is 1. The predicted octanol–water partition coefficient (Wildman–Crippen LogP) is 6.57. The number of carbonyl (C=O) groups excluding carboxylic acids is 1. The normalized spacial score (nSPS) is 15.1. The molecule has 2 heterocycles. The van der Waals surface area contributed by atoms with E-state index < -0.39 is 11.4 Å². The van der Waals surface area contributed by atoms with E-state index >= 15 is 0 Å². The molecule has 166 valence electrons. The van der Waals surface area contributed by atoms with Crippen molar-refractivity contribution in [2.24, 2.45) is 5.92 Å². The summed E-state index contributed by atoms with van der Waals surface area (Å²) in [6.45, 7) is 7.66. The van der Waals surface area contributed by atoms with E-state index in [4.69, 9.17) is 9.15 Å². The fourth-order valence-electron chi connectivity index (χ4n) is 4.37. The molecule has 1 aromatic heterocycles. The molecule has 0 aliphatic carbocycles. The lowest BCUT2D eigenvalue weighted by molar-refractivity contribution is 0.0967. The Kier molecular flexibility index (Phi) is 6.00. The zero-order valence-electron chi connectivity index (χ0n) is 18.8. The van der Waals surface area contributed by atoms with E-state index in [1.807, 2.05) is 70.2 Å². The summed E-state index contributed by atoms with van der Waals surface area (Å²) in [5, 5.41) is 0.391. The maximum atomic E-state index is 15.0. The van der Waals surface area contributed by atoms with E-state index in [9.17, 15) is 14.0 Å². The molecule has 5 heteroatoms. The third-order valence-corrected chi connectivity index (χ3v) is 5.83. The Hall–Kier alpha value is -3.21. The standard InChI is InChI=1S/C27H27FO4/c1-5-9-19-23-25-18(12-13-21(31-25)17-10-7-6-8-11-17)16(4)22(20(29)14-15(2)3)26(23)32-27(30)24(19)28/h6-8,10-13,15,21H,5,9,14H2,1-4H3. The molecule has 4 rings (SSSR count). The molecule has 0 saturated heterocycles. The number of Topliss-reactive ketones (excluding diaryl/α,β-unsaturated/α-hetero) is 1.